The van der Waals surface area contributed by atoms with Crippen LogP contribution in [0.5, 0.6) is 0 Å². The fraction of sp³-hybridized carbons (Fsp3) is 0.0882. The molecule has 0 atom stereocenters. The number of rotatable bonds is 1. The van der Waals surface area contributed by atoms with Gasteiger partial charge in [0.15, 0.2) is 45.7 Å². The molecule has 21 rings (SSSR count). The van der Waals surface area contributed by atoms with Gasteiger partial charge in [0.05, 0.1) is 65.2 Å². The van der Waals surface area contributed by atoms with Gasteiger partial charge in [0, 0.05) is 71.8 Å². The molecule has 17 aromatic rings. The third-order valence-electron chi connectivity index (χ3n) is 17.2. The number of aromatic nitrogens is 15. The van der Waals surface area contributed by atoms with Gasteiger partial charge in [-0.1, -0.05) is 91.0 Å². The van der Waals surface area contributed by atoms with E-state index < -0.39 is 6.98 Å². The predicted octanol–water partition coefficient (Wildman–Crippen LogP) is 10.3. The maximum Gasteiger partial charge on any atom is 0.382 e. The summed E-state index contributed by atoms with van der Waals surface area (Å²) >= 11 is 0. The highest BCUT2D eigenvalue weighted by atomic mass is 16.4. The highest BCUT2D eigenvalue weighted by Crippen LogP contribution is 2.39. The summed E-state index contributed by atoms with van der Waals surface area (Å²) in [6.07, 6.45) is 23.6. The van der Waals surface area contributed by atoms with E-state index >= 15 is 0 Å². The van der Waals surface area contributed by atoms with Crippen molar-refractivity contribution in [3.63, 3.8) is 0 Å². The summed E-state index contributed by atoms with van der Waals surface area (Å²) in [5.41, 5.74) is 23.1. The second kappa shape index (κ2) is 17.6. The Balaban J connectivity index is 0.0000000877. The van der Waals surface area contributed by atoms with Crippen LogP contribution in [0.2, 0.25) is 0 Å². The summed E-state index contributed by atoms with van der Waals surface area (Å²) in [4.78, 5) is 18.0. The molecule has 0 saturated heterocycles. The second-order valence-electron chi connectivity index (χ2n) is 21.8. The molecule has 16 heteroatoms. The molecule has 84 heavy (non-hydrogen) atoms. The Morgan fingerprint density at radius 3 is 1.52 bits per heavy atom. The lowest BCUT2D eigenvalue weighted by Gasteiger charge is -2.02. The minimum atomic E-state index is -2.27. The average molecular weight is 1100 g/mol. The van der Waals surface area contributed by atoms with Crippen molar-refractivity contribution in [3.8, 4) is 51.3 Å². The quantitative estimate of drug-likeness (QED) is 0.152. The van der Waals surface area contributed by atoms with Crippen LogP contribution >= 0.6 is 0 Å². The third-order valence-corrected chi connectivity index (χ3v) is 17.2. The van der Waals surface area contributed by atoms with E-state index in [1.807, 2.05) is 94.4 Å². The Morgan fingerprint density at radius 1 is 0.440 bits per heavy atom. The normalized spacial score (nSPS) is 13.6. The summed E-state index contributed by atoms with van der Waals surface area (Å²) in [5, 5.41) is 0. The number of nitrogens with zero attached hydrogens (tertiary/aromatic N) is 15. The molecule has 16 heterocycles. The van der Waals surface area contributed by atoms with Crippen molar-refractivity contribution in [1.29, 1.82) is 0 Å². The van der Waals surface area contributed by atoms with E-state index in [-0.39, 0.29) is 0 Å². The monoisotopic (exact) mass is 1100 g/mol. The zero-order chi connectivity index (χ0) is 57.8. The van der Waals surface area contributed by atoms with Crippen molar-refractivity contribution in [2.24, 2.45) is 14.0 Å². The molecule has 0 radical (unpaired) electrons. The summed E-state index contributed by atoms with van der Waals surface area (Å²) in [7, 11) is 2.13. The molecule has 16 nitrogen and oxygen atoms in total. The minimum Gasteiger partial charge on any atom is -0.393 e. The standard InChI is InChI=1S/C21H15N4.2C16H13N4.C15H10N3O/c1-2-8-16(9-3-1)25-19-18(14-23-12-6-11-22-20(19)23)24-13-15-7-4-5-10-17(15)21(24)25;2*1-18-14-13(10-19-8-4-7-17-15(14)19)20-9-11-5-2-3-6-12(11)16(18)20;1-2-5-11-10(4-1)8-18-12-9-17-7-3-6-16-14(17)13(12)19-15(11)18/h1-12,14H,13H2;2*2-8,10H,9H2,1H3;1-7,9H,8H2/q4*+1/i;1D3;;. The first-order valence-electron chi connectivity index (χ1n) is 29.5. The van der Waals surface area contributed by atoms with E-state index in [9.17, 15) is 0 Å². The number of benzene rings is 5. The molecule has 12 aromatic heterocycles. The second-order valence-corrected chi connectivity index (χ2v) is 21.8. The molecule has 4 aliphatic rings. The van der Waals surface area contributed by atoms with Crippen LogP contribution < -0.4 is 18.3 Å². The first kappa shape index (κ1) is 43.5. The first-order chi connectivity index (χ1) is 42.7. The summed E-state index contributed by atoms with van der Waals surface area (Å²) in [6.45, 7) is 1.13. The number of fused-ring (bicyclic) bond motifs is 28. The highest BCUT2D eigenvalue weighted by molar-refractivity contribution is 5.93. The molecule has 0 fully saturated rings. The fourth-order valence-corrected chi connectivity index (χ4v) is 13.6. The Kier molecular flexibility index (Phi) is 9.13. The van der Waals surface area contributed by atoms with E-state index in [4.69, 9.17) is 8.53 Å². The maximum absolute atomic E-state index is 8.04. The molecule has 0 N–H and O–H groups in total. The van der Waals surface area contributed by atoms with Crippen LogP contribution in [0.4, 0.5) is 0 Å². The molecule has 0 saturated carbocycles. The van der Waals surface area contributed by atoms with Crippen molar-refractivity contribution in [3.05, 3.63) is 248 Å². The molecule has 0 amide bonds. The van der Waals surface area contributed by atoms with Crippen LogP contribution in [0.3, 0.4) is 0 Å². The summed E-state index contributed by atoms with van der Waals surface area (Å²) in [6, 6.07) is 51.9. The fourth-order valence-electron chi connectivity index (χ4n) is 13.6. The molecule has 5 aromatic carbocycles. The highest BCUT2D eigenvalue weighted by Gasteiger charge is 2.39. The van der Waals surface area contributed by atoms with Crippen LogP contribution in [0.25, 0.3) is 118 Å². The van der Waals surface area contributed by atoms with Gasteiger partial charge in [-0.25, -0.2) is 42.8 Å². The first-order valence-corrected chi connectivity index (χ1v) is 28.0. The molecule has 0 unspecified atom stereocenters. The average Bonchev–Trinajstić information content (AvgIpc) is 3.53. The van der Waals surface area contributed by atoms with Gasteiger partial charge >= 0.3 is 5.89 Å². The van der Waals surface area contributed by atoms with E-state index in [1.54, 1.807) is 12.4 Å². The van der Waals surface area contributed by atoms with Gasteiger partial charge in [-0.05, 0) is 60.7 Å². The Morgan fingerprint density at radius 2 is 0.905 bits per heavy atom. The van der Waals surface area contributed by atoms with Gasteiger partial charge in [-0.15, -0.1) is 0 Å². The minimum absolute atomic E-state index is 0.662. The van der Waals surface area contributed by atoms with Crippen molar-refractivity contribution in [1.82, 2.24) is 51.2 Å². The molecular formula is C68H51N15O+4. The number of oxazole rings is 1. The van der Waals surface area contributed by atoms with Crippen LogP contribution in [0, 0.1) is 0 Å². The number of hydrogen-bond donors (Lipinski definition) is 0. The summed E-state index contributed by atoms with van der Waals surface area (Å²) in [5.74, 6) is 4.19. The van der Waals surface area contributed by atoms with Crippen LogP contribution in [-0.2, 0) is 40.2 Å². The van der Waals surface area contributed by atoms with Crippen molar-refractivity contribution >= 4 is 66.8 Å². The van der Waals surface area contributed by atoms with E-state index in [1.165, 1.54) is 66.1 Å². The number of para-hydroxylation sites is 1. The van der Waals surface area contributed by atoms with Crippen LogP contribution in [0.1, 0.15) is 26.4 Å². The molecular weight excluding hydrogens is 1040 g/mol. The zero-order valence-electron chi connectivity index (χ0n) is 48.3. The summed E-state index contributed by atoms with van der Waals surface area (Å²) < 4.78 is 53.4. The van der Waals surface area contributed by atoms with Crippen molar-refractivity contribution < 1.29 is 26.8 Å². The van der Waals surface area contributed by atoms with Gasteiger partial charge in [-0.3, -0.25) is 4.40 Å². The Hall–Kier alpha value is -11.3. The molecule has 4 aliphatic heterocycles. The van der Waals surface area contributed by atoms with Gasteiger partial charge in [0.1, 0.15) is 25.3 Å². The smallest absolute Gasteiger partial charge is 0.382 e. The van der Waals surface area contributed by atoms with Crippen molar-refractivity contribution in [2.75, 3.05) is 0 Å². The Labute approximate surface area is 482 Å². The van der Waals surface area contributed by atoms with Gasteiger partial charge in [0.25, 0.3) is 23.0 Å². The number of aryl methyl sites for hydroxylation is 2. The SMILES string of the molecule is C[n+]1c2n(c3cn4cccnc4c31)Cc1ccccc1-2.[2H]C([2H])([2H])[n+]1c2n(c3cn4cccnc4c31)Cc1ccccc1-2.c1ccc(-n2c3[n+](c4cn5cccnc5c42)Cc2ccccc2-3)cc1.c1ccc2c(c1)C[n+]1c-2oc2c3ncccn3cc21. The topological polar surface area (TPSA) is 113 Å². The van der Waals surface area contributed by atoms with Gasteiger partial charge < -0.3 is 17.6 Å². The van der Waals surface area contributed by atoms with Gasteiger partial charge in [-0.2, -0.15) is 9.13 Å². The molecule has 0 aliphatic carbocycles. The van der Waals surface area contributed by atoms with E-state index in [2.05, 4.69) is 191 Å². The maximum atomic E-state index is 8.04. The molecule has 0 spiro atoms. The number of hydrogen-bond acceptors (Lipinski definition) is 5. The largest absolute Gasteiger partial charge is 0.393 e. The lowest BCUT2D eigenvalue weighted by atomic mass is 10.1. The zero-order valence-corrected chi connectivity index (χ0v) is 45.3. The molecule has 0 bridgehead atoms. The van der Waals surface area contributed by atoms with Gasteiger partial charge in [0.2, 0.25) is 22.1 Å². The predicted molar refractivity (Wildman–Crippen MR) is 319 cm³/mol. The lowest BCUT2D eigenvalue weighted by Crippen LogP contribution is -2.31. The van der Waals surface area contributed by atoms with Crippen LogP contribution in [0.15, 0.2) is 230 Å². The van der Waals surface area contributed by atoms with Crippen molar-refractivity contribution in [2.45, 2.75) is 26.2 Å². The van der Waals surface area contributed by atoms with Crippen LogP contribution in [-0.4, -0.2) is 51.2 Å². The number of imidazole rings is 3. The Bertz CT molecular complexity index is 5690. The molecule has 400 valence electrons. The van der Waals surface area contributed by atoms with E-state index in [0.29, 0.717) is 17.7 Å². The lowest BCUT2D eigenvalue weighted by molar-refractivity contribution is -0.649. The van der Waals surface area contributed by atoms with E-state index in [0.717, 1.165) is 87.2 Å². The third kappa shape index (κ3) is 6.58.